The maximum Gasteiger partial charge on any atom is 0.265 e. The van der Waals surface area contributed by atoms with Gasteiger partial charge in [0.25, 0.3) is 11.8 Å². The highest BCUT2D eigenvalue weighted by atomic mass is 16.2. The number of imide groups is 1. The molecule has 1 aliphatic carbocycles. The molecule has 1 heterocycles. The van der Waals surface area contributed by atoms with Crippen molar-refractivity contribution in [3.8, 4) is 0 Å². The topological polar surface area (TPSA) is 71.5 Å². The molecule has 2 aliphatic rings. The molecule has 7 aromatic rings. The predicted molar refractivity (Wildman–Crippen MR) is 163 cm³/mol. The van der Waals surface area contributed by atoms with Crippen LogP contribution in [0.5, 0.6) is 0 Å². The van der Waals surface area contributed by atoms with E-state index in [2.05, 4.69) is 0 Å². The summed E-state index contributed by atoms with van der Waals surface area (Å²) in [6.45, 7) is 0. The Kier molecular flexibility index (Phi) is 4.37. The summed E-state index contributed by atoms with van der Waals surface area (Å²) in [5.41, 5.74) is 3.24. The molecule has 9 rings (SSSR count). The molecule has 0 unspecified atom stereocenters. The van der Waals surface area contributed by atoms with Crippen molar-refractivity contribution in [3.63, 3.8) is 0 Å². The number of para-hydroxylation sites is 1. The number of amides is 2. The zero-order valence-electron chi connectivity index (χ0n) is 22.0. The molecule has 0 spiro atoms. The van der Waals surface area contributed by atoms with Crippen LogP contribution in [0.4, 0.5) is 5.69 Å². The molecule has 5 nitrogen and oxygen atoms in total. The van der Waals surface area contributed by atoms with Gasteiger partial charge in [0.2, 0.25) is 0 Å². The van der Waals surface area contributed by atoms with E-state index in [1.807, 2.05) is 72.8 Å². The number of hydrogen-bond donors (Lipinski definition) is 0. The fraction of sp³-hybridized carbons (Fsp3) is 0.0270. The summed E-state index contributed by atoms with van der Waals surface area (Å²) >= 11 is 0. The van der Waals surface area contributed by atoms with Gasteiger partial charge in [0.1, 0.15) is 5.92 Å². The third-order valence-electron chi connectivity index (χ3n) is 8.97. The lowest BCUT2D eigenvalue weighted by molar-refractivity contribution is 0.0850. The molecular formula is C37H19NO4. The van der Waals surface area contributed by atoms with Gasteiger partial charge in [0, 0.05) is 33.0 Å². The molecule has 0 atom stereocenters. The summed E-state index contributed by atoms with van der Waals surface area (Å²) in [5, 5.41) is 6.52. The molecule has 0 bridgehead atoms. The van der Waals surface area contributed by atoms with Crippen molar-refractivity contribution >= 4 is 72.2 Å². The first-order valence-corrected chi connectivity index (χ1v) is 13.8. The molecule has 42 heavy (non-hydrogen) atoms. The molecule has 5 heteroatoms. The second-order valence-corrected chi connectivity index (χ2v) is 11.0. The lowest BCUT2D eigenvalue weighted by Gasteiger charge is -2.29. The van der Waals surface area contributed by atoms with Crippen LogP contribution in [0.1, 0.15) is 52.9 Å². The lowest BCUT2D eigenvalue weighted by atomic mass is 9.74. The fourth-order valence-electron chi connectivity index (χ4n) is 7.18. The molecule has 0 saturated carbocycles. The van der Waals surface area contributed by atoms with Crippen molar-refractivity contribution in [3.05, 3.63) is 137 Å². The second kappa shape index (κ2) is 7.95. The molecular weight excluding hydrogens is 522 g/mol. The van der Waals surface area contributed by atoms with Gasteiger partial charge in [-0.2, -0.15) is 0 Å². The number of carbonyl (C=O) groups excluding carboxylic acids is 4. The number of anilines is 1. The predicted octanol–water partition coefficient (Wildman–Crippen LogP) is 7.70. The number of nitrogens with zero attached hydrogens (tertiary/aromatic N) is 1. The summed E-state index contributed by atoms with van der Waals surface area (Å²) in [6, 6.07) is 33.1. The van der Waals surface area contributed by atoms with Gasteiger partial charge in [-0.25, -0.2) is 4.90 Å². The van der Waals surface area contributed by atoms with E-state index in [0.717, 1.165) is 32.3 Å². The first kappa shape index (κ1) is 23.1. The van der Waals surface area contributed by atoms with Crippen LogP contribution >= 0.6 is 0 Å². The average Bonchev–Trinajstić information content (AvgIpc) is 3.03. The van der Waals surface area contributed by atoms with E-state index in [4.69, 9.17) is 0 Å². The lowest BCUT2D eigenvalue weighted by Crippen LogP contribution is -2.40. The Bertz CT molecular complexity index is 2080. The largest absolute Gasteiger partial charge is 0.293 e. The number of carbonyl (C=O) groups is 4. The van der Waals surface area contributed by atoms with Crippen LogP contribution < -0.4 is 4.90 Å². The van der Waals surface area contributed by atoms with Gasteiger partial charge < -0.3 is 0 Å². The maximum absolute atomic E-state index is 13.8. The Morgan fingerprint density at radius 3 is 1.29 bits per heavy atom. The Morgan fingerprint density at radius 2 is 0.810 bits per heavy atom. The number of Topliss-reactive ketones (excluding diaryl/α,β-unsaturated/α-hetero) is 2. The van der Waals surface area contributed by atoms with E-state index >= 15 is 0 Å². The zero-order valence-corrected chi connectivity index (χ0v) is 22.0. The summed E-state index contributed by atoms with van der Waals surface area (Å²) < 4.78 is 0. The Labute approximate surface area is 238 Å². The first-order valence-electron chi connectivity index (χ1n) is 13.8. The Morgan fingerprint density at radius 1 is 0.405 bits per heavy atom. The van der Waals surface area contributed by atoms with Gasteiger partial charge in [0.15, 0.2) is 11.6 Å². The molecule has 7 aromatic carbocycles. The van der Waals surface area contributed by atoms with Crippen LogP contribution in [-0.4, -0.2) is 23.4 Å². The highest BCUT2D eigenvalue weighted by Gasteiger charge is 2.39. The van der Waals surface area contributed by atoms with Gasteiger partial charge in [-0.05, 0) is 62.1 Å². The number of hydrogen-bond acceptors (Lipinski definition) is 4. The van der Waals surface area contributed by atoms with Crippen molar-refractivity contribution in [2.75, 3.05) is 4.90 Å². The summed E-state index contributed by atoms with van der Waals surface area (Å²) in [6.07, 6.45) is 0. The number of ketones is 2. The number of fused-ring (bicyclic) bond motifs is 2. The van der Waals surface area contributed by atoms with Crippen LogP contribution in [0, 0.1) is 0 Å². The minimum Gasteiger partial charge on any atom is -0.293 e. The minimum atomic E-state index is -0.871. The van der Waals surface area contributed by atoms with E-state index in [1.165, 1.54) is 4.90 Å². The fourth-order valence-corrected chi connectivity index (χ4v) is 7.18. The SMILES string of the molecule is O=C1c2ccc3c4ccc5c6c(ccc(c7ccc(c2c37)C(=O)C1c1ccccc1)c64)C(=O)N(c1ccccc1)C5=O. The first-order chi connectivity index (χ1) is 20.5. The van der Waals surface area contributed by atoms with Gasteiger partial charge >= 0.3 is 0 Å². The van der Waals surface area contributed by atoms with Gasteiger partial charge in [-0.1, -0.05) is 84.9 Å². The van der Waals surface area contributed by atoms with Crippen molar-refractivity contribution in [1.82, 2.24) is 0 Å². The Hall–Kier alpha value is -5.68. The summed E-state index contributed by atoms with van der Waals surface area (Å²) in [5.74, 6) is -1.99. The molecule has 2 amide bonds. The van der Waals surface area contributed by atoms with Crippen molar-refractivity contribution in [2.24, 2.45) is 0 Å². The monoisotopic (exact) mass is 541 g/mol. The molecule has 0 saturated heterocycles. The molecule has 1 aliphatic heterocycles. The van der Waals surface area contributed by atoms with E-state index in [0.29, 0.717) is 44.3 Å². The maximum atomic E-state index is 13.8. The van der Waals surface area contributed by atoms with Gasteiger partial charge in [-0.3, -0.25) is 19.2 Å². The van der Waals surface area contributed by atoms with Gasteiger partial charge in [-0.15, -0.1) is 0 Å². The van der Waals surface area contributed by atoms with Crippen LogP contribution in [0.15, 0.2) is 109 Å². The van der Waals surface area contributed by atoms with Crippen LogP contribution in [0.3, 0.4) is 0 Å². The summed E-state index contributed by atoms with van der Waals surface area (Å²) in [4.78, 5) is 56.4. The number of rotatable bonds is 2. The molecule has 0 radical (unpaired) electrons. The third-order valence-corrected chi connectivity index (χ3v) is 8.97. The minimum absolute atomic E-state index is 0.198. The van der Waals surface area contributed by atoms with Crippen molar-refractivity contribution in [1.29, 1.82) is 0 Å². The standard InChI is InChI=1S/C37H19NO4/c39-34-25-15-11-21-23-13-17-27-33-28(37(42)38(36(27)41)20-9-5-2-6-10-20)18-14-24(31(23)33)22-12-16-26(32(25)30(21)22)35(40)29(34)19-7-3-1-4-8-19/h1-18,29H. The van der Waals surface area contributed by atoms with Crippen molar-refractivity contribution < 1.29 is 19.2 Å². The molecule has 0 aromatic heterocycles. The normalized spacial score (nSPS) is 15.2. The highest BCUT2D eigenvalue weighted by Crippen LogP contribution is 2.47. The molecule has 0 fully saturated rings. The smallest absolute Gasteiger partial charge is 0.265 e. The van der Waals surface area contributed by atoms with Crippen LogP contribution in [-0.2, 0) is 0 Å². The average molecular weight is 542 g/mol. The quantitative estimate of drug-likeness (QED) is 0.0973. The highest BCUT2D eigenvalue weighted by molar-refractivity contribution is 6.44. The van der Waals surface area contributed by atoms with E-state index in [-0.39, 0.29) is 23.4 Å². The van der Waals surface area contributed by atoms with Crippen LogP contribution in [0.25, 0.3) is 43.1 Å². The third kappa shape index (κ3) is 2.72. The van der Waals surface area contributed by atoms with E-state index < -0.39 is 5.92 Å². The Balaban J connectivity index is 1.35. The van der Waals surface area contributed by atoms with E-state index in [9.17, 15) is 19.2 Å². The van der Waals surface area contributed by atoms with Crippen LogP contribution in [0.2, 0.25) is 0 Å². The molecule has 0 N–H and O–H groups in total. The van der Waals surface area contributed by atoms with Crippen molar-refractivity contribution in [2.45, 2.75) is 5.92 Å². The molecule has 196 valence electrons. The second-order valence-electron chi connectivity index (χ2n) is 11.0. The summed E-state index contributed by atoms with van der Waals surface area (Å²) in [7, 11) is 0. The number of benzene rings is 7. The van der Waals surface area contributed by atoms with E-state index in [1.54, 1.807) is 36.4 Å². The zero-order chi connectivity index (χ0) is 28.3. The van der Waals surface area contributed by atoms with Gasteiger partial charge in [0.05, 0.1) is 5.69 Å².